The molecule has 3 rings (SSSR count). The normalized spacial score (nSPS) is 20.3. The lowest BCUT2D eigenvalue weighted by Gasteiger charge is -2.47. The van der Waals surface area contributed by atoms with Gasteiger partial charge in [-0.3, -0.25) is 4.90 Å². The number of methoxy groups -OCH3 is 1. The number of nitrogens with zero attached hydrogens (tertiary/aromatic N) is 3. The highest BCUT2D eigenvalue weighted by Gasteiger charge is 2.57. The van der Waals surface area contributed by atoms with Crippen molar-refractivity contribution in [1.82, 2.24) is 24.8 Å². The van der Waals surface area contributed by atoms with Crippen molar-refractivity contribution in [2.75, 3.05) is 20.3 Å². The molecular weight excluding hydrogens is 340 g/mol. The lowest BCUT2D eigenvalue weighted by Crippen LogP contribution is -2.65. The van der Waals surface area contributed by atoms with Crippen LogP contribution in [0.3, 0.4) is 0 Å². The molecule has 0 saturated carbocycles. The Morgan fingerprint density at radius 1 is 1.42 bits per heavy atom. The van der Waals surface area contributed by atoms with Crippen LogP contribution < -0.4 is 5.73 Å². The number of nitrogens with one attached hydrogen (secondary N) is 2. The van der Waals surface area contributed by atoms with Crippen LogP contribution in [0.1, 0.15) is 29.9 Å². The highest BCUT2D eigenvalue weighted by Crippen LogP contribution is 2.41. The van der Waals surface area contributed by atoms with Crippen molar-refractivity contribution in [3.63, 3.8) is 0 Å². The standard InChI is InChI=1S/C16H22N6O4/c1-3-26-15(24)22-7-13-11(20-9-21-13)4-16(22,14(23)25-2)10(5-17)12-6-18-8-19-12/h6,8-10H,3-5,7,17H2,1-2H3,(H,18,19)(H,20,21)/t10-,16-/m1/s1. The highest BCUT2D eigenvalue weighted by atomic mass is 16.6. The summed E-state index contributed by atoms with van der Waals surface area (Å²) in [6.45, 7) is 2.11. The molecule has 0 radical (unpaired) electrons. The molecule has 140 valence electrons. The number of amides is 1. The number of esters is 1. The van der Waals surface area contributed by atoms with Gasteiger partial charge in [0.25, 0.3) is 0 Å². The first-order valence-corrected chi connectivity index (χ1v) is 8.30. The van der Waals surface area contributed by atoms with Gasteiger partial charge in [-0.2, -0.15) is 0 Å². The molecule has 1 amide bonds. The number of H-pyrrole nitrogens is 2. The van der Waals surface area contributed by atoms with E-state index >= 15 is 0 Å². The van der Waals surface area contributed by atoms with E-state index in [0.717, 1.165) is 5.69 Å². The number of nitrogens with two attached hydrogens (primary N) is 1. The fourth-order valence-corrected chi connectivity index (χ4v) is 3.57. The van der Waals surface area contributed by atoms with Crippen LogP contribution in [0.25, 0.3) is 0 Å². The number of fused-ring (bicyclic) bond motifs is 1. The molecule has 3 heterocycles. The molecule has 1 aliphatic heterocycles. The number of aromatic nitrogens is 4. The molecule has 0 unspecified atom stereocenters. The van der Waals surface area contributed by atoms with E-state index in [9.17, 15) is 9.59 Å². The molecule has 1 aliphatic rings. The second-order valence-electron chi connectivity index (χ2n) is 6.00. The van der Waals surface area contributed by atoms with E-state index in [4.69, 9.17) is 15.2 Å². The lowest BCUT2D eigenvalue weighted by molar-refractivity contribution is -0.157. The smallest absolute Gasteiger partial charge is 0.411 e. The van der Waals surface area contributed by atoms with Gasteiger partial charge in [-0.15, -0.1) is 0 Å². The Labute approximate surface area is 150 Å². The summed E-state index contributed by atoms with van der Waals surface area (Å²) in [5.74, 6) is -1.16. The highest BCUT2D eigenvalue weighted by molar-refractivity contribution is 5.88. The summed E-state index contributed by atoms with van der Waals surface area (Å²) in [7, 11) is 1.29. The summed E-state index contributed by atoms with van der Waals surface area (Å²) in [5, 5.41) is 0. The van der Waals surface area contributed by atoms with Crippen LogP contribution in [0.2, 0.25) is 0 Å². The van der Waals surface area contributed by atoms with Crippen molar-refractivity contribution >= 4 is 12.1 Å². The van der Waals surface area contributed by atoms with Crippen LogP contribution in [0.4, 0.5) is 4.79 Å². The van der Waals surface area contributed by atoms with E-state index in [1.54, 1.807) is 13.1 Å². The monoisotopic (exact) mass is 362 g/mol. The lowest BCUT2D eigenvalue weighted by atomic mass is 9.74. The van der Waals surface area contributed by atoms with Gasteiger partial charge in [0.15, 0.2) is 5.54 Å². The molecule has 10 heteroatoms. The average molecular weight is 362 g/mol. The van der Waals surface area contributed by atoms with Crippen molar-refractivity contribution in [2.24, 2.45) is 5.73 Å². The summed E-state index contributed by atoms with van der Waals surface area (Å²) in [6, 6.07) is 0. The van der Waals surface area contributed by atoms with E-state index in [1.165, 1.54) is 24.7 Å². The number of carbonyl (C=O) groups excluding carboxylic acids is 2. The first kappa shape index (κ1) is 17.9. The SMILES string of the molecule is CCOC(=O)N1Cc2[nH]cnc2C[C@]1(C(=O)OC)[C@H](CN)c1cnc[nH]1. The number of carbonyl (C=O) groups is 2. The molecule has 0 saturated heterocycles. The van der Waals surface area contributed by atoms with Gasteiger partial charge in [0.1, 0.15) is 0 Å². The fourth-order valence-electron chi connectivity index (χ4n) is 3.57. The summed E-state index contributed by atoms with van der Waals surface area (Å²) in [5.41, 5.74) is 6.71. The van der Waals surface area contributed by atoms with Gasteiger partial charge in [-0.1, -0.05) is 0 Å². The number of hydrogen-bond donors (Lipinski definition) is 3. The first-order chi connectivity index (χ1) is 12.6. The zero-order chi connectivity index (χ0) is 18.7. The first-order valence-electron chi connectivity index (χ1n) is 8.30. The van der Waals surface area contributed by atoms with E-state index in [-0.39, 0.29) is 26.1 Å². The number of imidazole rings is 2. The number of hydrogen-bond acceptors (Lipinski definition) is 7. The third-order valence-corrected chi connectivity index (χ3v) is 4.78. The van der Waals surface area contributed by atoms with Crippen molar-refractivity contribution in [1.29, 1.82) is 0 Å². The molecule has 0 fully saturated rings. The van der Waals surface area contributed by atoms with Crippen LogP contribution in [0.15, 0.2) is 18.9 Å². The van der Waals surface area contributed by atoms with Crippen molar-refractivity contribution in [2.45, 2.75) is 31.3 Å². The summed E-state index contributed by atoms with van der Waals surface area (Å²) in [4.78, 5) is 41.5. The number of rotatable bonds is 5. The molecular formula is C16H22N6O4. The molecule has 2 aromatic heterocycles. The molecule has 26 heavy (non-hydrogen) atoms. The fraction of sp³-hybridized carbons (Fsp3) is 0.500. The third kappa shape index (κ3) is 2.71. The number of ether oxygens (including phenoxy) is 2. The molecule has 0 aliphatic carbocycles. The Balaban J connectivity index is 2.18. The van der Waals surface area contributed by atoms with Crippen molar-refractivity contribution in [3.05, 3.63) is 35.9 Å². The van der Waals surface area contributed by atoms with Gasteiger partial charge in [0.2, 0.25) is 0 Å². The maximum Gasteiger partial charge on any atom is 0.411 e. The van der Waals surface area contributed by atoms with E-state index < -0.39 is 23.5 Å². The summed E-state index contributed by atoms with van der Waals surface area (Å²) in [6.07, 6.45) is 4.16. The Morgan fingerprint density at radius 2 is 2.23 bits per heavy atom. The van der Waals surface area contributed by atoms with Gasteiger partial charge in [-0.05, 0) is 6.92 Å². The molecule has 10 nitrogen and oxygen atoms in total. The van der Waals surface area contributed by atoms with Crippen LogP contribution in [0, 0.1) is 0 Å². The number of aromatic amines is 2. The van der Waals surface area contributed by atoms with E-state index in [1.807, 2.05) is 0 Å². The van der Waals surface area contributed by atoms with Crippen molar-refractivity contribution < 1.29 is 19.1 Å². The molecule has 0 spiro atoms. The molecule has 0 bridgehead atoms. The minimum atomic E-state index is -1.40. The Morgan fingerprint density at radius 3 is 2.85 bits per heavy atom. The van der Waals surface area contributed by atoms with Crippen LogP contribution in [-0.2, 0) is 27.2 Å². The summed E-state index contributed by atoms with van der Waals surface area (Å²) < 4.78 is 10.3. The molecule has 0 aromatic carbocycles. The predicted octanol–water partition coefficient (Wildman–Crippen LogP) is 0.302. The zero-order valence-electron chi connectivity index (χ0n) is 14.7. The molecule has 2 atom stereocenters. The largest absolute Gasteiger partial charge is 0.467 e. The van der Waals surface area contributed by atoms with Crippen LogP contribution in [-0.4, -0.2) is 62.7 Å². The van der Waals surface area contributed by atoms with Gasteiger partial charge < -0.3 is 25.2 Å². The van der Waals surface area contributed by atoms with Gasteiger partial charge in [0.05, 0.1) is 44.3 Å². The average Bonchev–Trinajstić information content (AvgIpc) is 3.32. The van der Waals surface area contributed by atoms with Crippen LogP contribution in [0.5, 0.6) is 0 Å². The van der Waals surface area contributed by atoms with E-state index in [0.29, 0.717) is 11.4 Å². The quantitative estimate of drug-likeness (QED) is 0.650. The second kappa shape index (κ2) is 7.16. The van der Waals surface area contributed by atoms with Gasteiger partial charge >= 0.3 is 12.1 Å². The second-order valence-corrected chi connectivity index (χ2v) is 6.00. The Bertz CT molecular complexity index is 774. The minimum absolute atomic E-state index is 0.0902. The van der Waals surface area contributed by atoms with Crippen molar-refractivity contribution in [3.8, 4) is 0 Å². The molecule has 4 N–H and O–H groups in total. The predicted molar refractivity (Wildman–Crippen MR) is 90.0 cm³/mol. The third-order valence-electron chi connectivity index (χ3n) is 4.78. The van der Waals surface area contributed by atoms with Crippen LogP contribution >= 0.6 is 0 Å². The van der Waals surface area contributed by atoms with Gasteiger partial charge in [-0.25, -0.2) is 19.6 Å². The Kier molecular flexibility index (Phi) is 4.94. The van der Waals surface area contributed by atoms with E-state index in [2.05, 4.69) is 19.9 Å². The minimum Gasteiger partial charge on any atom is -0.467 e. The topological polar surface area (TPSA) is 139 Å². The maximum absolute atomic E-state index is 13.0. The van der Waals surface area contributed by atoms with Gasteiger partial charge in [0, 0.05) is 30.8 Å². The zero-order valence-corrected chi connectivity index (χ0v) is 14.7. The molecule has 2 aromatic rings. The maximum atomic E-state index is 13.0. The Hall–Kier alpha value is -2.88. The summed E-state index contributed by atoms with van der Waals surface area (Å²) >= 11 is 0.